The van der Waals surface area contributed by atoms with Gasteiger partial charge in [-0.3, -0.25) is 5.32 Å². The van der Waals surface area contributed by atoms with Gasteiger partial charge < -0.3 is 20.1 Å². The molecule has 1 aliphatic heterocycles. The molecule has 3 heterocycles. The molecule has 9 nitrogen and oxygen atoms in total. The predicted octanol–water partition coefficient (Wildman–Crippen LogP) is 3.16. The summed E-state index contributed by atoms with van der Waals surface area (Å²) in [7, 11) is 1.65. The molecule has 2 aromatic heterocycles. The molecular formula is C23H28N6O3S. The van der Waals surface area contributed by atoms with Crippen LogP contribution in [0.2, 0.25) is 0 Å². The van der Waals surface area contributed by atoms with Crippen molar-refractivity contribution in [3.8, 4) is 5.75 Å². The predicted molar refractivity (Wildman–Crippen MR) is 128 cm³/mol. The number of aromatic nitrogens is 3. The number of rotatable bonds is 7. The molecule has 1 fully saturated rings. The van der Waals surface area contributed by atoms with E-state index in [0.29, 0.717) is 24.2 Å². The van der Waals surface area contributed by atoms with Gasteiger partial charge in [-0.1, -0.05) is 26.0 Å². The Balaban J connectivity index is 1.31. The molecule has 3 aromatic rings. The maximum Gasteiger partial charge on any atom is 0.321 e. The summed E-state index contributed by atoms with van der Waals surface area (Å²) in [6.45, 7) is 5.78. The van der Waals surface area contributed by atoms with E-state index in [2.05, 4.69) is 39.4 Å². The summed E-state index contributed by atoms with van der Waals surface area (Å²) < 4.78 is 5.24. The van der Waals surface area contributed by atoms with Crippen molar-refractivity contribution in [2.75, 3.05) is 30.4 Å². The number of carbonyl (C=O) groups excluding carboxylic acids is 1. The number of benzene rings is 1. The highest BCUT2D eigenvalue weighted by Crippen LogP contribution is 2.34. The number of β-amino-alcohol motifs (C(OH)–C–C–N with tert-alkyl or cyclic N) is 1. The lowest BCUT2D eigenvalue weighted by atomic mass is 9.82. The lowest BCUT2D eigenvalue weighted by Gasteiger charge is -2.23. The van der Waals surface area contributed by atoms with Gasteiger partial charge in [0.15, 0.2) is 5.13 Å². The summed E-state index contributed by atoms with van der Waals surface area (Å²) in [5, 5.41) is 17.7. The highest BCUT2D eigenvalue weighted by Gasteiger charge is 2.26. The Labute approximate surface area is 196 Å². The number of ether oxygens (including phenoxy) is 1. The zero-order valence-electron chi connectivity index (χ0n) is 18.9. The minimum Gasteiger partial charge on any atom is -0.497 e. The number of aliphatic hydroxyl groups is 1. The summed E-state index contributed by atoms with van der Waals surface area (Å²) >= 11 is 1.39. The molecule has 0 radical (unpaired) electrons. The average Bonchev–Trinajstić information content (AvgIpc) is 3.47. The number of nitrogens with one attached hydrogen (secondary N) is 2. The first-order valence-corrected chi connectivity index (χ1v) is 11.6. The van der Waals surface area contributed by atoms with E-state index in [0.717, 1.165) is 35.5 Å². The first-order valence-electron chi connectivity index (χ1n) is 10.7. The molecule has 0 aliphatic carbocycles. The topological polar surface area (TPSA) is 112 Å². The van der Waals surface area contributed by atoms with Crippen molar-refractivity contribution in [3.63, 3.8) is 0 Å². The fraction of sp³-hybridized carbons (Fsp3) is 0.391. The van der Waals surface area contributed by atoms with Crippen LogP contribution < -0.4 is 20.3 Å². The van der Waals surface area contributed by atoms with Gasteiger partial charge >= 0.3 is 6.03 Å². The van der Waals surface area contributed by atoms with Gasteiger partial charge in [0.1, 0.15) is 5.75 Å². The van der Waals surface area contributed by atoms with E-state index in [1.54, 1.807) is 19.5 Å². The molecule has 0 spiro atoms. The number of nitrogens with zero attached hydrogens (tertiary/aromatic N) is 4. The Morgan fingerprint density at radius 2 is 2.00 bits per heavy atom. The molecule has 1 unspecified atom stereocenters. The second-order valence-corrected chi connectivity index (χ2v) is 9.34. The van der Waals surface area contributed by atoms with Crippen molar-refractivity contribution < 1.29 is 14.6 Å². The number of urea groups is 1. The van der Waals surface area contributed by atoms with Crippen LogP contribution in [0.5, 0.6) is 5.75 Å². The van der Waals surface area contributed by atoms with E-state index in [9.17, 15) is 9.90 Å². The number of methoxy groups -OCH3 is 1. The zero-order valence-corrected chi connectivity index (χ0v) is 19.7. The van der Waals surface area contributed by atoms with E-state index in [1.165, 1.54) is 11.3 Å². The molecule has 3 N–H and O–H groups in total. The maximum atomic E-state index is 12.4. The van der Waals surface area contributed by atoms with Crippen molar-refractivity contribution in [1.29, 1.82) is 0 Å². The first-order chi connectivity index (χ1) is 15.8. The van der Waals surface area contributed by atoms with Gasteiger partial charge in [-0.25, -0.2) is 19.7 Å². The van der Waals surface area contributed by atoms with Crippen LogP contribution in [0, 0.1) is 0 Å². The van der Waals surface area contributed by atoms with Crippen LogP contribution in [0.1, 0.15) is 37.1 Å². The number of thiazole rings is 1. The van der Waals surface area contributed by atoms with Crippen LogP contribution in [0.3, 0.4) is 0 Å². The second kappa shape index (κ2) is 9.72. The highest BCUT2D eigenvalue weighted by molar-refractivity contribution is 7.13. The molecule has 1 atom stereocenters. The van der Waals surface area contributed by atoms with Gasteiger partial charge in [0.25, 0.3) is 0 Å². The Bertz CT molecular complexity index is 1080. The van der Waals surface area contributed by atoms with Crippen LogP contribution in [-0.4, -0.2) is 52.4 Å². The Morgan fingerprint density at radius 1 is 1.27 bits per heavy atom. The second-order valence-electron chi connectivity index (χ2n) is 8.48. The third-order valence-electron chi connectivity index (χ3n) is 5.77. The summed E-state index contributed by atoms with van der Waals surface area (Å²) in [4.78, 5) is 27.6. The van der Waals surface area contributed by atoms with Gasteiger partial charge in [0.2, 0.25) is 5.95 Å². The van der Waals surface area contributed by atoms with Crippen molar-refractivity contribution in [2.45, 2.75) is 38.3 Å². The number of anilines is 2. The molecule has 33 heavy (non-hydrogen) atoms. The number of amides is 2. The van der Waals surface area contributed by atoms with Crippen molar-refractivity contribution in [1.82, 2.24) is 20.3 Å². The zero-order chi connectivity index (χ0) is 23.4. The van der Waals surface area contributed by atoms with Crippen molar-refractivity contribution >= 4 is 28.4 Å². The number of aliphatic hydroxyl groups excluding tert-OH is 1. The molecule has 0 saturated carbocycles. The summed E-state index contributed by atoms with van der Waals surface area (Å²) in [6.07, 6.45) is 3.77. The van der Waals surface area contributed by atoms with Gasteiger partial charge in [0, 0.05) is 48.4 Å². The lowest BCUT2D eigenvalue weighted by molar-refractivity contribution is 0.198. The largest absolute Gasteiger partial charge is 0.497 e. The third kappa shape index (κ3) is 5.40. The van der Waals surface area contributed by atoms with Crippen molar-refractivity contribution in [2.24, 2.45) is 0 Å². The molecule has 1 aliphatic rings. The molecule has 174 valence electrons. The molecule has 10 heteroatoms. The third-order valence-corrected chi connectivity index (χ3v) is 6.53. The van der Waals surface area contributed by atoms with Gasteiger partial charge in [-0.05, 0) is 24.1 Å². The molecular weight excluding hydrogens is 440 g/mol. The van der Waals surface area contributed by atoms with E-state index in [4.69, 9.17) is 4.74 Å². The molecule has 0 bridgehead atoms. The van der Waals surface area contributed by atoms with Crippen LogP contribution in [0.15, 0.2) is 42.0 Å². The van der Waals surface area contributed by atoms with Crippen molar-refractivity contribution in [3.05, 3.63) is 58.9 Å². The summed E-state index contributed by atoms with van der Waals surface area (Å²) in [5.41, 5.74) is 2.46. The minimum atomic E-state index is -0.343. The minimum absolute atomic E-state index is 0.296. The van der Waals surface area contributed by atoms with Gasteiger partial charge in [0.05, 0.1) is 18.9 Å². The molecule has 2 amide bonds. The van der Waals surface area contributed by atoms with Gasteiger partial charge in [-0.15, -0.1) is 11.3 Å². The summed E-state index contributed by atoms with van der Waals surface area (Å²) in [5.74, 6) is 1.40. The molecule has 1 saturated heterocycles. The van der Waals surface area contributed by atoms with E-state index < -0.39 is 0 Å². The first kappa shape index (κ1) is 22.9. The SMILES string of the molecule is COc1ccc(C(C)(C)c2csc(NC(=O)NCc3cnc(N4CCC(O)C4)nc3)n2)cc1. The van der Waals surface area contributed by atoms with E-state index in [1.807, 2.05) is 34.5 Å². The summed E-state index contributed by atoms with van der Waals surface area (Å²) in [6, 6.07) is 7.57. The lowest BCUT2D eigenvalue weighted by Crippen LogP contribution is -2.28. The smallest absolute Gasteiger partial charge is 0.321 e. The van der Waals surface area contributed by atoms with Crippen LogP contribution in [-0.2, 0) is 12.0 Å². The number of hydrogen-bond donors (Lipinski definition) is 3. The van der Waals surface area contributed by atoms with E-state index >= 15 is 0 Å². The Morgan fingerprint density at radius 3 is 2.64 bits per heavy atom. The van der Waals surface area contributed by atoms with E-state index in [-0.39, 0.29) is 17.6 Å². The van der Waals surface area contributed by atoms with Crippen LogP contribution >= 0.6 is 11.3 Å². The normalized spacial score (nSPS) is 16.0. The highest BCUT2D eigenvalue weighted by atomic mass is 32.1. The van der Waals surface area contributed by atoms with Crippen LogP contribution in [0.4, 0.5) is 15.9 Å². The number of hydrogen-bond acceptors (Lipinski definition) is 8. The molecule has 4 rings (SSSR count). The van der Waals surface area contributed by atoms with Crippen LogP contribution in [0.25, 0.3) is 0 Å². The molecule has 1 aromatic carbocycles. The Hall–Kier alpha value is -3.24. The Kier molecular flexibility index (Phi) is 6.75. The maximum absolute atomic E-state index is 12.4. The monoisotopic (exact) mass is 468 g/mol. The average molecular weight is 469 g/mol. The fourth-order valence-electron chi connectivity index (χ4n) is 3.62. The fourth-order valence-corrected chi connectivity index (χ4v) is 4.50. The quantitative estimate of drug-likeness (QED) is 0.488. The standard InChI is InChI=1S/C23H28N6O3S/c1-23(2,16-4-6-18(32-3)7-5-16)19-14-33-22(27-19)28-21(31)26-12-15-10-24-20(25-11-15)29-9-8-17(30)13-29/h4-7,10-11,14,17,30H,8-9,12-13H2,1-3H3,(H2,26,27,28,31). The van der Waals surface area contributed by atoms with Gasteiger partial charge in [-0.2, -0.15) is 0 Å². The number of carbonyl (C=O) groups is 1.